The fourth-order valence-electron chi connectivity index (χ4n) is 4.11. The fraction of sp³-hybridized carbons (Fsp3) is 0. The van der Waals surface area contributed by atoms with Gasteiger partial charge in [-0.05, 0) is 15.6 Å². The van der Waals surface area contributed by atoms with Crippen LogP contribution in [0.4, 0.5) is 0 Å². The molecule has 2 aromatic heterocycles. The van der Waals surface area contributed by atoms with E-state index >= 15 is 0 Å². The highest BCUT2D eigenvalue weighted by Crippen LogP contribution is 2.12. The first-order chi connectivity index (χ1) is 15.4. The molecule has 0 amide bonds. The first kappa shape index (κ1) is 19.0. The van der Waals surface area contributed by atoms with Crippen LogP contribution in [-0.2, 0) is 0 Å². The molecular weight excluding hydrogens is 396 g/mol. The smallest absolute Gasteiger partial charge is 0.203 e. The predicted molar refractivity (Wildman–Crippen MR) is 127 cm³/mol. The van der Waals surface area contributed by atoms with Crippen LogP contribution in [0, 0.1) is 0 Å². The number of rotatable bonds is 5. The number of nitrogens with zero attached hydrogens (tertiary/aromatic N) is 4. The lowest BCUT2D eigenvalue weighted by Gasteiger charge is -2.33. The molecule has 2 heterocycles. The van der Waals surface area contributed by atoms with Crippen molar-refractivity contribution in [1.29, 1.82) is 0 Å². The van der Waals surface area contributed by atoms with E-state index in [0.29, 0.717) is 5.69 Å². The minimum absolute atomic E-state index is 0.717. The minimum Gasteiger partial charge on any atom is -0.261 e. The Balaban J connectivity index is 1.85. The van der Waals surface area contributed by atoms with Gasteiger partial charge in [-0.3, -0.25) is 19.9 Å². The van der Waals surface area contributed by atoms with Crippen molar-refractivity contribution in [1.82, 2.24) is 19.9 Å². The Kier molecular flexibility index (Phi) is 5.17. The molecule has 0 atom stereocenters. The Morgan fingerprint density at radius 3 is 1.48 bits per heavy atom. The third-order valence-corrected chi connectivity index (χ3v) is 10.1. The van der Waals surface area contributed by atoms with E-state index in [1.165, 1.54) is 15.6 Å². The second-order valence-corrected chi connectivity index (χ2v) is 11.0. The van der Waals surface area contributed by atoms with Gasteiger partial charge < -0.3 is 0 Å². The highest BCUT2D eigenvalue weighted by Gasteiger charge is 2.43. The van der Waals surface area contributed by atoms with Gasteiger partial charge in [0.1, 0.15) is 11.4 Å². The van der Waals surface area contributed by atoms with E-state index in [2.05, 4.69) is 106 Å². The van der Waals surface area contributed by atoms with Gasteiger partial charge >= 0.3 is 0 Å². The Morgan fingerprint density at radius 2 is 1.00 bits per heavy atom. The van der Waals surface area contributed by atoms with Crippen molar-refractivity contribution in [3.63, 3.8) is 0 Å². The standard InChI is InChI=1S/C26H20N4Si/c1-4-10-21(11-5-1)31(22-12-6-2-7-13-22,23-14-8-3-9-15-23)26-20-28-19-25(30-26)24-18-27-16-17-29-24/h1-20H. The molecule has 0 aliphatic rings. The lowest BCUT2D eigenvalue weighted by Crippen LogP contribution is -2.75. The average Bonchev–Trinajstić information content (AvgIpc) is 2.87. The molecule has 0 radical (unpaired) electrons. The Morgan fingerprint density at radius 1 is 0.484 bits per heavy atom. The summed E-state index contributed by atoms with van der Waals surface area (Å²) in [6.45, 7) is 0. The van der Waals surface area contributed by atoms with Gasteiger partial charge in [-0.2, -0.15) is 0 Å². The monoisotopic (exact) mass is 416 g/mol. The van der Waals surface area contributed by atoms with Crippen LogP contribution in [0.2, 0.25) is 0 Å². The van der Waals surface area contributed by atoms with E-state index in [1.54, 1.807) is 24.8 Å². The molecule has 0 saturated carbocycles. The van der Waals surface area contributed by atoms with Crippen molar-refractivity contribution in [2.75, 3.05) is 0 Å². The number of hydrogen-bond acceptors (Lipinski definition) is 4. The van der Waals surface area contributed by atoms with Crippen molar-refractivity contribution in [2.45, 2.75) is 0 Å². The molecule has 0 saturated heterocycles. The molecule has 5 aromatic rings. The van der Waals surface area contributed by atoms with E-state index < -0.39 is 8.07 Å². The van der Waals surface area contributed by atoms with Crippen LogP contribution in [0.3, 0.4) is 0 Å². The molecule has 5 heteroatoms. The van der Waals surface area contributed by atoms with Crippen LogP contribution in [0.1, 0.15) is 0 Å². The molecule has 31 heavy (non-hydrogen) atoms. The molecule has 148 valence electrons. The number of aromatic nitrogens is 4. The maximum Gasteiger partial charge on any atom is 0.203 e. The number of benzene rings is 3. The molecule has 3 aromatic carbocycles. The molecule has 0 unspecified atom stereocenters. The van der Waals surface area contributed by atoms with Gasteiger partial charge in [-0.15, -0.1) is 0 Å². The summed E-state index contributed by atoms with van der Waals surface area (Å²) in [5.74, 6) is 0. The second kappa shape index (κ2) is 8.42. The van der Waals surface area contributed by atoms with E-state index in [4.69, 9.17) is 4.98 Å². The maximum atomic E-state index is 5.14. The summed E-state index contributed by atoms with van der Waals surface area (Å²) in [6.07, 6.45) is 8.75. The van der Waals surface area contributed by atoms with Crippen molar-refractivity contribution < 1.29 is 0 Å². The summed E-state index contributed by atoms with van der Waals surface area (Å²) < 4.78 is 0. The topological polar surface area (TPSA) is 51.6 Å². The van der Waals surface area contributed by atoms with Crippen LogP contribution < -0.4 is 20.9 Å². The van der Waals surface area contributed by atoms with E-state index in [1.807, 2.05) is 6.20 Å². The maximum absolute atomic E-state index is 5.14. The van der Waals surface area contributed by atoms with Gasteiger partial charge in [-0.1, -0.05) is 91.0 Å². The van der Waals surface area contributed by atoms with Crippen LogP contribution >= 0.6 is 0 Å². The largest absolute Gasteiger partial charge is 0.261 e. The average molecular weight is 417 g/mol. The molecule has 0 N–H and O–H groups in total. The third kappa shape index (κ3) is 3.45. The van der Waals surface area contributed by atoms with Gasteiger partial charge in [0.15, 0.2) is 0 Å². The zero-order valence-corrected chi connectivity index (χ0v) is 17.8. The molecular formula is C26H20N4Si. The summed E-state index contributed by atoms with van der Waals surface area (Å²) in [5.41, 5.74) is 1.44. The zero-order chi connectivity index (χ0) is 20.9. The lowest BCUT2D eigenvalue weighted by atomic mass is 10.3. The first-order valence-corrected chi connectivity index (χ1v) is 12.1. The summed E-state index contributed by atoms with van der Waals surface area (Å²) in [4.78, 5) is 18.4. The summed E-state index contributed by atoms with van der Waals surface area (Å²) in [6, 6.07) is 32.0. The summed E-state index contributed by atoms with van der Waals surface area (Å²) >= 11 is 0. The first-order valence-electron chi connectivity index (χ1n) is 10.1. The highest BCUT2D eigenvalue weighted by molar-refractivity contribution is 7.19. The molecule has 4 nitrogen and oxygen atoms in total. The normalized spacial score (nSPS) is 11.2. The molecule has 0 fully saturated rings. The van der Waals surface area contributed by atoms with Crippen molar-refractivity contribution in [2.24, 2.45) is 0 Å². The zero-order valence-electron chi connectivity index (χ0n) is 16.8. The molecule has 0 aliphatic carbocycles. The predicted octanol–water partition coefficient (Wildman–Crippen LogP) is 2.31. The van der Waals surface area contributed by atoms with Crippen molar-refractivity contribution in [3.05, 3.63) is 122 Å². The fourth-order valence-corrected chi connectivity index (χ4v) is 8.63. The van der Waals surface area contributed by atoms with E-state index in [0.717, 1.165) is 11.0 Å². The van der Waals surface area contributed by atoms with Crippen LogP contribution in [-0.4, -0.2) is 28.0 Å². The van der Waals surface area contributed by atoms with Crippen molar-refractivity contribution >= 4 is 29.0 Å². The Bertz CT molecular complexity index is 1170. The Hall–Kier alpha value is -3.96. The second-order valence-electron chi connectivity index (χ2n) is 7.23. The molecule has 5 rings (SSSR count). The highest BCUT2D eigenvalue weighted by atomic mass is 28.3. The Labute approximate surface area is 182 Å². The van der Waals surface area contributed by atoms with Crippen molar-refractivity contribution in [3.8, 4) is 11.4 Å². The number of hydrogen-bond donors (Lipinski definition) is 0. The molecule has 0 bridgehead atoms. The summed E-state index contributed by atoms with van der Waals surface area (Å²) in [7, 11) is -2.69. The van der Waals surface area contributed by atoms with E-state index in [-0.39, 0.29) is 0 Å². The lowest BCUT2D eigenvalue weighted by molar-refractivity contribution is 1.16. The van der Waals surface area contributed by atoms with Gasteiger partial charge in [-0.25, -0.2) is 0 Å². The van der Waals surface area contributed by atoms with Crippen LogP contribution in [0.5, 0.6) is 0 Å². The van der Waals surface area contributed by atoms with Gasteiger partial charge in [0.2, 0.25) is 8.07 Å². The van der Waals surface area contributed by atoms with Crippen LogP contribution in [0.15, 0.2) is 122 Å². The minimum atomic E-state index is -2.69. The van der Waals surface area contributed by atoms with Gasteiger partial charge in [0.05, 0.1) is 17.7 Å². The third-order valence-electron chi connectivity index (χ3n) is 5.46. The molecule has 0 spiro atoms. The van der Waals surface area contributed by atoms with Gasteiger partial charge in [0, 0.05) is 18.6 Å². The SMILES string of the molecule is c1ccc([Si](c2ccccc2)(c2ccccc2)c2cncc(-c3cnccn3)n2)cc1. The van der Waals surface area contributed by atoms with E-state index in [9.17, 15) is 0 Å². The van der Waals surface area contributed by atoms with Crippen LogP contribution in [0.25, 0.3) is 11.4 Å². The van der Waals surface area contributed by atoms with Gasteiger partial charge in [0.25, 0.3) is 0 Å². The molecule has 0 aliphatic heterocycles. The summed E-state index contributed by atoms with van der Waals surface area (Å²) in [5, 5.41) is 4.76. The quantitative estimate of drug-likeness (QED) is 0.326.